The highest BCUT2D eigenvalue weighted by molar-refractivity contribution is 6.28. The second kappa shape index (κ2) is 8.57. The Bertz CT molecular complexity index is 915. The maximum atomic E-state index is 12.8. The first-order valence-electron chi connectivity index (χ1n) is 10.1. The van der Waals surface area contributed by atoms with Gasteiger partial charge < -0.3 is 5.11 Å². The van der Waals surface area contributed by atoms with Crippen LogP contribution >= 0.6 is 0 Å². The fourth-order valence-corrected chi connectivity index (χ4v) is 3.73. The van der Waals surface area contributed by atoms with E-state index in [1.165, 1.54) is 0 Å². The number of benzene rings is 2. The third-order valence-corrected chi connectivity index (χ3v) is 6.15. The number of fused-ring (bicyclic) bond motifs is 2. The first-order valence-corrected chi connectivity index (χ1v) is 10.1. The molecule has 5 heteroatoms. The zero-order chi connectivity index (χ0) is 21.2. The van der Waals surface area contributed by atoms with Gasteiger partial charge in [0.1, 0.15) is 6.10 Å². The molecule has 1 aliphatic carbocycles. The fraction of sp³-hybridized carbons (Fsp3) is 0.417. The van der Waals surface area contributed by atoms with Crippen LogP contribution in [0.1, 0.15) is 77.4 Å². The lowest BCUT2D eigenvalue weighted by atomic mass is 9.80. The molecule has 0 spiro atoms. The van der Waals surface area contributed by atoms with Crippen molar-refractivity contribution >= 4 is 11.6 Å². The minimum absolute atomic E-state index is 0.133. The Hall–Kier alpha value is -2.34. The Morgan fingerprint density at radius 3 is 2.14 bits per heavy atom. The van der Waals surface area contributed by atoms with Crippen molar-refractivity contribution in [3.63, 3.8) is 0 Å². The summed E-state index contributed by atoms with van der Waals surface area (Å²) in [5.74, 6) is -0.275. The van der Waals surface area contributed by atoms with Gasteiger partial charge in [0, 0.05) is 28.7 Å². The molecule has 2 aromatic carbocycles. The molecule has 2 N–H and O–H groups in total. The monoisotopic (exact) mass is 396 g/mol. The summed E-state index contributed by atoms with van der Waals surface area (Å²) in [7, 11) is 0. The zero-order valence-electron chi connectivity index (χ0n) is 17.1. The highest BCUT2D eigenvalue weighted by atomic mass is 17.1. The Balaban J connectivity index is 1.71. The Morgan fingerprint density at radius 1 is 0.966 bits per heavy atom. The van der Waals surface area contributed by atoms with Crippen molar-refractivity contribution in [3.05, 3.63) is 70.3 Å². The quantitative estimate of drug-likeness (QED) is 0.434. The molecule has 0 heterocycles. The number of carbonyl (C=O) groups is 2. The smallest absolute Gasteiger partial charge is 0.194 e. The molecular weight excluding hydrogens is 368 g/mol. The molecule has 154 valence electrons. The van der Waals surface area contributed by atoms with E-state index >= 15 is 0 Å². The standard InChI is InChI=1S/C24H28O5/c1-4-24(2,3)21(29-28)14-16(25)11-9-15-10-12-19-20(13-15)23(27)18-8-6-5-7-17(18)22(19)26/h5-8,10,12-13,16,21,25,28H,4,9,11,14H2,1-3H3. The van der Waals surface area contributed by atoms with Crippen LogP contribution in [0.3, 0.4) is 0 Å². The van der Waals surface area contributed by atoms with E-state index in [-0.39, 0.29) is 17.0 Å². The largest absolute Gasteiger partial charge is 0.393 e. The van der Waals surface area contributed by atoms with Gasteiger partial charge in [-0.05, 0) is 36.3 Å². The number of hydrogen-bond acceptors (Lipinski definition) is 5. The number of carbonyl (C=O) groups excluding carboxylic acids is 2. The minimum atomic E-state index is -0.646. The molecule has 0 radical (unpaired) electrons. The summed E-state index contributed by atoms with van der Waals surface area (Å²) in [6.45, 7) is 6.00. The Kier molecular flexibility index (Phi) is 6.32. The molecule has 0 saturated carbocycles. The number of aryl methyl sites for hydroxylation is 1. The van der Waals surface area contributed by atoms with Crippen molar-refractivity contribution < 1.29 is 24.8 Å². The molecule has 0 amide bonds. The molecule has 0 fully saturated rings. The van der Waals surface area contributed by atoms with Crippen molar-refractivity contribution in [2.45, 2.75) is 58.7 Å². The highest BCUT2D eigenvalue weighted by Gasteiger charge is 2.31. The average molecular weight is 396 g/mol. The van der Waals surface area contributed by atoms with Crippen LogP contribution in [0.25, 0.3) is 0 Å². The lowest BCUT2D eigenvalue weighted by Crippen LogP contribution is -2.34. The van der Waals surface area contributed by atoms with Crippen molar-refractivity contribution in [2.24, 2.45) is 5.41 Å². The topological polar surface area (TPSA) is 83.8 Å². The average Bonchev–Trinajstić information content (AvgIpc) is 2.74. The number of aliphatic hydroxyl groups is 1. The lowest BCUT2D eigenvalue weighted by molar-refractivity contribution is -0.306. The molecule has 2 aromatic rings. The van der Waals surface area contributed by atoms with Crippen LogP contribution in [0.5, 0.6) is 0 Å². The fourth-order valence-electron chi connectivity index (χ4n) is 3.73. The summed E-state index contributed by atoms with van der Waals surface area (Å²) in [4.78, 5) is 30.1. The predicted molar refractivity (Wildman–Crippen MR) is 110 cm³/mol. The summed E-state index contributed by atoms with van der Waals surface area (Å²) < 4.78 is 0. The maximum absolute atomic E-state index is 12.8. The van der Waals surface area contributed by atoms with Gasteiger partial charge in [-0.15, -0.1) is 0 Å². The third-order valence-electron chi connectivity index (χ3n) is 6.15. The molecule has 0 bridgehead atoms. The molecule has 5 nitrogen and oxygen atoms in total. The molecule has 29 heavy (non-hydrogen) atoms. The van der Waals surface area contributed by atoms with E-state index in [2.05, 4.69) is 4.89 Å². The van der Waals surface area contributed by atoms with Crippen LogP contribution in [0.2, 0.25) is 0 Å². The van der Waals surface area contributed by atoms with Crippen LogP contribution in [0.4, 0.5) is 0 Å². The second-order valence-corrected chi connectivity index (χ2v) is 8.45. The normalized spacial score (nSPS) is 15.6. The van der Waals surface area contributed by atoms with E-state index in [0.717, 1.165) is 12.0 Å². The van der Waals surface area contributed by atoms with Crippen LogP contribution in [0.15, 0.2) is 42.5 Å². The molecule has 0 aromatic heterocycles. The van der Waals surface area contributed by atoms with E-state index in [1.54, 1.807) is 36.4 Å². The van der Waals surface area contributed by atoms with Crippen LogP contribution in [0, 0.1) is 5.41 Å². The van der Waals surface area contributed by atoms with Gasteiger partial charge in [-0.3, -0.25) is 14.8 Å². The molecule has 0 aliphatic heterocycles. The molecule has 2 atom stereocenters. The Labute approximate surface area is 171 Å². The van der Waals surface area contributed by atoms with Crippen LogP contribution in [-0.4, -0.2) is 34.1 Å². The summed E-state index contributed by atoms with van der Waals surface area (Å²) in [5, 5.41) is 19.6. The van der Waals surface area contributed by atoms with E-state index < -0.39 is 12.2 Å². The van der Waals surface area contributed by atoms with E-state index in [0.29, 0.717) is 41.5 Å². The first-order chi connectivity index (χ1) is 13.8. The van der Waals surface area contributed by atoms with Gasteiger partial charge in [-0.2, -0.15) is 0 Å². The maximum Gasteiger partial charge on any atom is 0.194 e. The van der Waals surface area contributed by atoms with E-state index in [4.69, 9.17) is 0 Å². The number of hydrogen-bond donors (Lipinski definition) is 2. The SMILES string of the molecule is CCC(C)(C)C(CC(O)CCc1ccc2c(c1)C(=O)c1ccccc1C2=O)OO. The zero-order valence-corrected chi connectivity index (χ0v) is 17.1. The van der Waals surface area contributed by atoms with Crippen molar-refractivity contribution in [3.8, 4) is 0 Å². The van der Waals surface area contributed by atoms with Crippen LogP contribution < -0.4 is 0 Å². The number of rotatable bonds is 8. The molecule has 1 aliphatic rings. The van der Waals surface area contributed by atoms with Crippen LogP contribution in [-0.2, 0) is 11.3 Å². The van der Waals surface area contributed by atoms with Gasteiger partial charge in [0.15, 0.2) is 11.6 Å². The second-order valence-electron chi connectivity index (χ2n) is 8.45. The van der Waals surface area contributed by atoms with E-state index in [9.17, 15) is 20.0 Å². The minimum Gasteiger partial charge on any atom is -0.393 e. The third kappa shape index (κ3) is 4.32. The highest BCUT2D eigenvalue weighted by Crippen LogP contribution is 2.31. The summed E-state index contributed by atoms with van der Waals surface area (Å²) >= 11 is 0. The van der Waals surface area contributed by atoms with Gasteiger partial charge in [0.05, 0.1) is 6.10 Å². The number of ketones is 2. The van der Waals surface area contributed by atoms with E-state index in [1.807, 2.05) is 26.8 Å². The summed E-state index contributed by atoms with van der Waals surface area (Å²) in [6.07, 6.45) is 1.06. The van der Waals surface area contributed by atoms with Gasteiger partial charge in [0.2, 0.25) is 0 Å². The van der Waals surface area contributed by atoms with Gasteiger partial charge >= 0.3 is 0 Å². The molecule has 2 unspecified atom stereocenters. The van der Waals surface area contributed by atoms with Crippen molar-refractivity contribution in [1.29, 1.82) is 0 Å². The number of aliphatic hydroxyl groups excluding tert-OH is 1. The van der Waals surface area contributed by atoms with Crippen molar-refractivity contribution in [2.75, 3.05) is 0 Å². The predicted octanol–water partition coefficient (Wildman–Crippen LogP) is 4.44. The van der Waals surface area contributed by atoms with Gasteiger partial charge in [-0.25, -0.2) is 4.89 Å². The summed E-state index contributed by atoms with van der Waals surface area (Å²) in [6, 6.07) is 12.2. The molecular formula is C24H28O5. The van der Waals surface area contributed by atoms with Crippen molar-refractivity contribution in [1.82, 2.24) is 0 Å². The van der Waals surface area contributed by atoms with Gasteiger partial charge in [-0.1, -0.05) is 57.2 Å². The molecule has 3 rings (SSSR count). The lowest BCUT2D eigenvalue weighted by Gasteiger charge is -2.32. The van der Waals surface area contributed by atoms with Gasteiger partial charge in [0.25, 0.3) is 0 Å². The molecule has 0 saturated heterocycles. The first kappa shape index (κ1) is 21.4. The summed E-state index contributed by atoms with van der Waals surface area (Å²) in [5.41, 5.74) is 2.37. The Morgan fingerprint density at radius 2 is 1.55 bits per heavy atom.